The number of ether oxygens (including phenoxy) is 1. The van der Waals surface area contributed by atoms with Gasteiger partial charge in [0.05, 0.1) is 19.4 Å². The number of benzene rings is 1. The standard InChI is InChI=1S/C15H17N3O4S/c1-3-8-18(11-4-6-12(21-2)7-5-11)15(20)22-17-14-9-16-13(19)10-23-14/h3-7H,1,8-10H2,2H3,(H,16,19). The van der Waals surface area contributed by atoms with Crippen molar-refractivity contribution in [2.45, 2.75) is 0 Å². The van der Waals surface area contributed by atoms with E-state index in [1.165, 1.54) is 16.7 Å². The van der Waals surface area contributed by atoms with Crippen molar-refractivity contribution in [2.75, 3.05) is 30.9 Å². The molecule has 0 unspecified atom stereocenters. The number of anilines is 1. The zero-order valence-electron chi connectivity index (χ0n) is 12.7. The highest BCUT2D eigenvalue weighted by Gasteiger charge is 2.18. The van der Waals surface area contributed by atoms with Crippen LogP contribution in [-0.2, 0) is 9.63 Å². The second kappa shape index (κ2) is 8.23. The molecule has 1 N–H and O–H groups in total. The third-order valence-corrected chi connectivity index (χ3v) is 3.91. The molecular weight excluding hydrogens is 318 g/mol. The first kappa shape index (κ1) is 16.9. The minimum Gasteiger partial charge on any atom is -0.497 e. The largest absolute Gasteiger partial charge is 0.497 e. The molecule has 1 heterocycles. The monoisotopic (exact) mass is 335 g/mol. The quantitative estimate of drug-likeness (QED) is 0.506. The molecule has 2 rings (SSSR count). The number of oxime groups is 1. The summed E-state index contributed by atoms with van der Waals surface area (Å²) >= 11 is 1.24. The van der Waals surface area contributed by atoms with Crippen LogP contribution in [0.25, 0.3) is 0 Å². The van der Waals surface area contributed by atoms with E-state index in [1.807, 2.05) is 0 Å². The number of rotatable bonds is 5. The molecule has 122 valence electrons. The van der Waals surface area contributed by atoms with E-state index in [0.717, 1.165) is 0 Å². The summed E-state index contributed by atoms with van der Waals surface area (Å²) in [7, 11) is 1.57. The van der Waals surface area contributed by atoms with Gasteiger partial charge in [-0.05, 0) is 24.3 Å². The van der Waals surface area contributed by atoms with E-state index in [-0.39, 0.29) is 24.7 Å². The van der Waals surface area contributed by atoms with Crippen LogP contribution in [0.1, 0.15) is 0 Å². The predicted octanol–water partition coefficient (Wildman–Crippen LogP) is 2.00. The number of carbonyl (C=O) groups is 2. The van der Waals surface area contributed by atoms with Gasteiger partial charge in [0, 0.05) is 12.2 Å². The molecule has 1 fully saturated rings. The van der Waals surface area contributed by atoms with E-state index >= 15 is 0 Å². The number of carbonyl (C=O) groups excluding carboxylic acids is 2. The smallest absolute Gasteiger partial charge is 0.440 e. The number of hydrogen-bond acceptors (Lipinski definition) is 6. The fourth-order valence-corrected chi connectivity index (χ4v) is 2.46. The van der Waals surface area contributed by atoms with Crippen molar-refractivity contribution in [1.82, 2.24) is 5.32 Å². The Morgan fingerprint density at radius 1 is 1.48 bits per heavy atom. The number of hydrogen-bond donors (Lipinski definition) is 1. The summed E-state index contributed by atoms with van der Waals surface area (Å²) in [6, 6.07) is 6.98. The molecule has 0 saturated carbocycles. The van der Waals surface area contributed by atoms with Crippen molar-refractivity contribution in [3.63, 3.8) is 0 Å². The Hall–Kier alpha value is -2.48. The fraction of sp³-hybridized carbons (Fsp3) is 0.267. The minimum atomic E-state index is -0.625. The minimum absolute atomic E-state index is 0.0632. The Kier molecular flexibility index (Phi) is 6.04. The van der Waals surface area contributed by atoms with Crippen molar-refractivity contribution in [3.8, 4) is 5.75 Å². The van der Waals surface area contributed by atoms with Gasteiger partial charge in [0.15, 0.2) is 0 Å². The number of amides is 2. The van der Waals surface area contributed by atoms with Gasteiger partial charge in [0.1, 0.15) is 10.8 Å². The van der Waals surface area contributed by atoms with E-state index in [1.54, 1.807) is 37.5 Å². The van der Waals surface area contributed by atoms with Crippen LogP contribution in [0.3, 0.4) is 0 Å². The van der Waals surface area contributed by atoms with Gasteiger partial charge < -0.3 is 10.1 Å². The summed E-state index contributed by atoms with van der Waals surface area (Å²) in [6.45, 7) is 4.18. The summed E-state index contributed by atoms with van der Waals surface area (Å²) in [5.41, 5.74) is 0.639. The average molecular weight is 335 g/mol. The Labute approximate surface area is 138 Å². The summed E-state index contributed by atoms with van der Waals surface area (Å²) in [4.78, 5) is 29.6. The SMILES string of the molecule is C=CCN(C(=O)ON=C1CNC(=O)CS1)c1ccc(OC)cc1. The van der Waals surface area contributed by atoms with Gasteiger partial charge >= 0.3 is 6.09 Å². The highest BCUT2D eigenvalue weighted by molar-refractivity contribution is 8.14. The van der Waals surface area contributed by atoms with E-state index in [2.05, 4.69) is 17.1 Å². The molecule has 0 radical (unpaired) electrons. The van der Waals surface area contributed by atoms with Crippen molar-refractivity contribution >= 4 is 34.5 Å². The lowest BCUT2D eigenvalue weighted by Gasteiger charge is -2.19. The number of thioether (sulfide) groups is 1. The van der Waals surface area contributed by atoms with Gasteiger partial charge in [-0.2, -0.15) is 0 Å². The van der Waals surface area contributed by atoms with Crippen molar-refractivity contribution in [3.05, 3.63) is 36.9 Å². The first-order valence-electron chi connectivity index (χ1n) is 6.84. The second-order valence-electron chi connectivity index (χ2n) is 4.50. The predicted molar refractivity (Wildman–Crippen MR) is 89.9 cm³/mol. The van der Waals surface area contributed by atoms with Gasteiger partial charge in [-0.25, -0.2) is 4.79 Å². The second-order valence-corrected chi connectivity index (χ2v) is 5.55. The molecular formula is C15H17N3O4S. The molecule has 1 aromatic rings. The molecule has 1 aromatic carbocycles. The Balaban J connectivity index is 2.04. The number of nitrogens with one attached hydrogen (secondary N) is 1. The third-order valence-electron chi connectivity index (χ3n) is 2.95. The molecule has 8 heteroatoms. The van der Waals surface area contributed by atoms with Crippen molar-refractivity contribution in [2.24, 2.45) is 5.16 Å². The summed E-state index contributed by atoms with van der Waals surface area (Å²) in [6.07, 6.45) is 0.967. The highest BCUT2D eigenvalue weighted by atomic mass is 32.2. The lowest BCUT2D eigenvalue weighted by molar-refractivity contribution is -0.118. The van der Waals surface area contributed by atoms with Crippen LogP contribution in [0.15, 0.2) is 42.1 Å². The highest BCUT2D eigenvalue weighted by Crippen LogP contribution is 2.20. The first-order valence-corrected chi connectivity index (χ1v) is 7.82. The van der Waals surface area contributed by atoms with Crippen molar-refractivity contribution < 1.29 is 19.2 Å². The van der Waals surface area contributed by atoms with Crippen LogP contribution in [0, 0.1) is 0 Å². The van der Waals surface area contributed by atoms with Gasteiger partial charge in [0.2, 0.25) is 5.91 Å². The maximum Gasteiger partial charge on any atom is 0.440 e. The van der Waals surface area contributed by atoms with E-state index < -0.39 is 6.09 Å². The lowest BCUT2D eigenvalue weighted by Crippen LogP contribution is -2.36. The molecule has 7 nitrogen and oxygen atoms in total. The van der Waals surface area contributed by atoms with E-state index in [4.69, 9.17) is 9.57 Å². The summed E-state index contributed by atoms with van der Waals surface area (Å²) < 4.78 is 5.09. The van der Waals surface area contributed by atoms with Crippen LogP contribution < -0.4 is 15.0 Å². The van der Waals surface area contributed by atoms with Crippen LogP contribution in [0.2, 0.25) is 0 Å². The fourth-order valence-electron chi connectivity index (χ4n) is 1.80. The van der Waals surface area contributed by atoms with Crippen LogP contribution in [-0.4, -0.2) is 43.0 Å². The van der Waals surface area contributed by atoms with Crippen LogP contribution >= 0.6 is 11.8 Å². The first-order chi connectivity index (χ1) is 11.1. The van der Waals surface area contributed by atoms with Crippen LogP contribution in [0.5, 0.6) is 5.75 Å². The van der Waals surface area contributed by atoms with Crippen molar-refractivity contribution in [1.29, 1.82) is 0 Å². The normalized spacial score (nSPS) is 15.7. The number of methoxy groups -OCH3 is 1. The molecule has 1 aliphatic rings. The molecule has 2 amide bonds. The average Bonchev–Trinajstić information content (AvgIpc) is 2.59. The molecule has 0 aliphatic carbocycles. The maximum absolute atomic E-state index is 12.2. The zero-order chi connectivity index (χ0) is 16.7. The molecule has 0 atom stereocenters. The van der Waals surface area contributed by atoms with Gasteiger partial charge in [0.25, 0.3) is 0 Å². The van der Waals surface area contributed by atoms with Gasteiger partial charge in [-0.15, -0.1) is 6.58 Å². The van der Waals surface area contributed by atoms with Crippen LogP contribution in [0.4, 0.5) is 10.5 Å². The molecule has 1 saturated heterocycles. The Morgan fingerprint density at radius 2 is 2.22 bits per heavy atom. The summed E-state index contributed by atoms with van der Waals surface area (Å²) in [5.74, 6) is 0.896. The van der Waals surface area contributed by atoms with Gasteiger partial charge in [-0.3, -0.25) is 14.5 Å². The molecule has 1 aliphatic heterocycles. The zero-order valence-corrected chi connectivity index (χ0v) is 13.5. The van der Waals surface area contributed by atoms with E-state index in [0.29, 0.717) is 16.5 Å². The topological polar surface area (TPSA) is 80.2 Å². The molecule has 0 aromatic heterocycles. The van der Waals surface area contributed by atoms with E-state index in [9.17, 15) is 9.59 Å². The maximum atomic E-state index is 12.2. The molecule has 0 spiro atoms. The summed E-state index contributed by atoms with van der Waals surface area (Å²) in [5, 5.41) is 6.97. The molecule has 0 bridgehead atoms. The van der Waals surface area contributed by atoms with Gasteiger partial charge in [-0.1, -0.05) is 23.0 Å². The third kappa shape index (κ3) is 4.75. The Bertz CT molecular complexity index is 604. The number of nitrogens with zero attached hydrogens (tertiary/aromatic N) is 2. The molecule has 23 heavy (non-hydrogen) atoms. The lowest BCUT2D eigenvalue weighted by atomic mass is 10.3. The Morgan fingerprint density at radius 3 is 2.78 bits per heavy atom.